The second-order valence-corrected chi connectivity index (χ2v) is 9.55. The molecule has 1 saturated carbocycles. The minimum atomic E-state index is -0.496. The van der Waals surface area contributed by atoms with E-state index in [1.807, 2.05) is 0 Å². The molecule has 2 amide bonds. The molecule has 1 saturated heterocycles. The van der Waals surface area contributed by atoms with Gasteiger partial charge in [0, 0.05) is 10.6 Å². The normalized spacial score (nSPS) is 18.9. The van der Waals surface area contributed by atoms with E-state index < -0.39 is 5.97 Å². The number of ether oxygens (including phenoxy) is 2. The Morgan fingerprint density at radius 1 is 0.838 bits per heavy atom. The molecule has 1 aliphatic heterocycles. The Labute approximate surface area is 218 Å². The molecule has 2 atom stereocenters. The molecule has 1 aliphatic carbocycles. The van der Waals surface area contributed by atoms with E-state index in [1.54, 1.807) is 54.6 Å². The minimum absolute atomic E-state index is 0.228. The molecule has 3 aromatic carbocycles. The van der Waals surface area contributed by atoms with Crippen LogP contribution >= 0.6 is 11.6 Å². The van der Waals surface area contributed by atoms with Crippen molar-refractivity contribution < 1.29 is 28.7 Å². The molecular weight excluding hydrogens is 494 g/mol. The van der Waals surface area contributed by atoms with Crippen molar-refractivity contribution in [2.45, 2.75) is 25.7 Å². The standard InChI is InChI=1S/C29H24ClNO6/c30-20-12-15-26(24(16-20)31-27(33)22-8-4-5-9-23(22)28(31)34)36-17-25(32)18-10-13-21(14-11-18)37-29(35)19-6-2-1-3-7-19/h1-3,6-7,10-16,22-23H,4-5,8-9,17H2/t22-,23-/m0/s1. The lowest BCUT2D eigenvalue weighted by atomic mass is 9.81. The summed E-state index contributed by atoms with van der Waals surface area (Å²) in [4.78, 5) is 52.3. The molecule has 0 N–H and O–H groups in total. The summed E-state index contributed by atoms with van der Waals surface area (Å²) in [5.74, 6) is -1.40. The molecule has 8 heteroatoms. The summed E-state index contributed by atoms with van der Waals surface area (Å²) in [6, 6.07) is 19.4. The molecule has 1 heterocycles. The zero-order chi connectivity index (χ0) is 25.9. The monoisotopic (exact) mass is 517 g/mol. The fourth-order valence-corrected chi connectivity index (χ4v) is 5.03. The Hall–Kier alpha value is -3.97. The summed E-state index contributed by atoms with van der Waals surface area (Å²) in [5, 5.41) is 0.352. The van der Waals surface area contributed by atoms with Crippen LogP contribution in [0, 0.1) is 11.8 Å². The highest BCUT2D eigenvalue weighted by atomic mass is 35.5. The third-order valence-corrected chi connectivity index (χ3v) is 6.99. The average molecular weight is 518 g/mol. The van der Waals surface area contributed by atoms with Gasteiger partial charge in [0.15, 0.2) is 12.4 Å². The quantitative estimate of drug-likeness (QED) is 0.178. The summed E-state index contributed by atoms with van der Waals surface area (Å²) < 4.78 is 11.1. The molecule has 0 unspecified atom stereocenters. The Morgan fingerprint density at radius 3 is 2.14 bits per heavy atom. The molecule has 7 nitrogen and oxygen atoms in total. The number of hydrogen-bond donors (Lipinski definition) is 0. The van der Waals surface area contributed by atoms with Crippen LogP contribution in [-0.2, 0) is 9.59 Å². The lowest BCUT2D eigenvalue weighted by Gasteiger charge is -2.19. The van der Waals surface area contributed by atoms with E-state index in [2.05, 4.69) is 0 Å². The number of carbonyl (C=O) groups excluding carboxylic acids is 4. The zero-order valence-electron chi connectivity index (χ0n) is 19.9. The van der Waals surface area contributed by atoms with Crippen LogP contribution in [0.3, 0.4) is 0 Å². The molecule has 37 heavy (non-hydrogen) atoms. The van der Waals surface area contributed by atoms with E-state index in [4.69, 9.17) is 21.1 Å². The van der Waals surface area contributed by atoms with Gasteiger partial charge in [-0.2, -0.15) is 0 Å². The van der Waals surface area contributed by atoms with E-state index in [9.17, 15) is 19.2 Å². The lowest BCUT2D eigenvalue weighted by Crippen LogP contribution is -2.31. The molecular formula is C29H24ClNO6. The second-order valence-electron chi connectivity index (χ2n) is 9.11. The number of ketones is 1. The molecule has 2 aliphatic rings. The number of Topliss-reactive ketones (excluding diaryl/α,β-unsaturated/α-hetero) is 1. The number of nitrogens with zero attached hydrogens (tertiary/aromatic N) is 1. The number of halogens is 1. The van der Waals surface area contributed by atoms with Gasteiger partial charge in [0.05, 0.1) is 23.1 Å². The van der Waals surface area contributed by atoms with Gasteiger partial charge in [0.25, 0.3) is 0 Å². The molecule has 0 radical (unpaired) electrons. The van der Waals surface area contributed by atoms with Crippen LogP contribution in [0.15, 0.2) is 72.8 Å². The predicted molar refractivity (Wildman–Crippen MR) is 137 cm³/mol. The summed E-state index contributed by atoms with van der Waals surface area (Å²) in [6.45, 7) is -0.319. The first-order valence-electron chi connectivity index (χ1n) is 12.1. The van der Waals surface area contributed by atoms with Crippen molar-refractivity contribution in [1.82, 2.24) is 0 Å². The first-order chi connectivity index (χ1) is 17.9. The lowest BCUT2D eigenvalue weighted by molar-refractivity contribution is -0.122. The highest BCUT2D eigenvalue weighted by Gasteiger charge is 2.49. The SMILES string of the molecule is O=C(COc1ccc(Cl)cc1N1C(=O)[C@H]2CCCC[C@@H]2C1=O)c1ccc(OC(=O)c2ccccc2)cc1. The maximum Gasteiger partial charge on any atom is 0.343 e. The van der Waals surface area contributed by atoms with Gasteiger partial charge in [-0.3, -0.25) is 14.4 Å². The van der Waals surface area contributed by atoms with Crippen LogP contribution in [-0.4, -0.2) is 30.2 Å². The van der Waals surface area contributed by atoms with Crippen LogP contribution in [0.1, 0.15) is 46.4 Å². The zero-order valence-corrected chi connectivity index (χ0v) is 20.6. The number of esters is 1. The van der Waals surface area contributed by atoms with Gasteiger partial charge in [-0.1, -0.05) is 42.6 Å². The van der Waals surface area contributed by atoms with Gasteiger partial charge < -0.3 is 9.47 Å². The van der Waals surface area contributed by atoms with E-state index >= 15 is 0 Å². The highest BCUT2D eigenvalue weighted by molar-refractivity contribution is 6.31. The van der Waals surface area contributed by atoms with Crippen molar-refractivity contribution in [1.29, 1.82) is 0 Å². The maximum absolute atomic E-state index is 13.1. The van der Waals surface area contributed by atoms with Gasteiger partial charge in [-0.05, 0) is 67.4 Å². The fourth-order valence-electron chi connectivity index (χ4n) is 4.86. The van der Waals surface area contributed by atoms with Gasteiger partial charge >= 0.3 is 5.97 Å². The van der Waals surface area contributed by atoms with Gasteiger partial charge in [-0.15, -0.1) is 0 Å². The van der Waals surface area contributed by atoms with Crippen LogP contribution in [0.5, 0.6) is 11.5 Å². The van der Waals surface area contributed by atoms with Crippen LogP contribution in [0.25, 0.3) is 0 Å². The predicted octanol–water partition coefficient (Wildman–Crippen LogP) is 5.50. The number of benzene rings is 3. The Kier molecular flexibility index (Phi) is 7.06. The van der Waals surface area contributed by atoms with Crippen molar-refractivity contribution in [3.05, 3.63) is 88.9 Å². The second kappa shape index (κ2) is 10.6. The summed E-state index contributed by atoms with van der Waals surface area (Å²) in [6.07, 6.45) is 3.23. The third kappa shape index (κ3) is 5.13. The molecule has 2 fully saturated rings. The molecule has 0 spiro atoms. The number of carbonyl (C=O) groups is 4. The average Bonchev–Trinajstić information content (AvgIpc) is 3.18. The van der Waals surface area contributed by atoms with Gasteiger partial charge in [-0.25, -0.2) is 9.69 Å². The number of imide groups is 1. The first kappa shape index (κ1) is 24.7. The van der Waals surface area contributed by atoms with Crippen molar-refractivity contribution in [3.8, 4) is 11.5 Å². The third-order valence-electron chi connectivity index (χ3n) is 6.76. The van der Waals surface area contributed by atoms with E-state index in [-0.39, 0.29) is 47.5 Å². The summed E-state index contributed by atoms with van der Waals surface area (Å²) in [5.41, 5.74) is 1.03. The molecule has 188 valence electrons. The Balaban J connectivity index is 1.27. The molecule has 0 aromatic heterocycles. The topological polar surface area (TPSA) is 90.0 Å². The minimum Gasteiger partial charge on any atom is -0.483 e. The number of amides is 2. The van der Waals surface area contributed by atoms with Crippen molar-refractivity contribution in [3.63, 3.8) is 0 Å². The first-order valence-corrected chi connectivity index (χ1v) is 12.5. The van der Waals surface area contributed by atoms with Crippen LogP contribution < -0.4 is 14.4 Å². The summed E-state index contributed by atoms with van der Waals surface area (Å²) in [7, 11) is 0. The summed E-state index contributed by atoms with van der Waals surface area (Å²) >= 11 is 6.18. The van der Waals surface area contributed by atoms with Gasteiger partial charge in [0.1, 0.15) is 11.5 Å². The van der Waals surface area contributed by atoms with Crippen LogP contribution in [0.4, 0.5) is 5.69 Å². The van der Waals surface area contributed by atoms with Crippen molar-refractivity contribution >= 4 is 40.9 Å². The number of fused-ring (bicyclic) bond motifs is 1. The number of rotatable bonds is 7. The smallest absolute Gasteiger partial charge is 0.343 e. The van der Waals surface area contributed by atoms with Gasteiger partial charge in [0.2, 0.25) is 11.8 Å². The Bertz CT molecular complexity index is 1330. The molecule has 3 aromatic rings. The largest absolute Gasteiger partial charge is 0.483 e. The van der Waals surface area contributed by atoms with Crippen LogP contribution in [0.2, 0.25) is 5.02 Å². The van der Waals surface area contributed by atoms with Crippen molar-refractivity contribution in [2.24, 2.45) is 11.8 Å². The molecule has 0 bridgehead atoms. The highest BCUT2D eigenvalue weighted by Crippen LogP contribution is 2.43. The Morgan fingerprint density at radius 2 is 1.49 bits per heavy atom. The van der Waals surface area contributed by atoms with E-state index in [0.29, 0.717) is 34.7 Å². The number of anilines is 1. The fraction of sp³-hybridized carbons (Fsp3) is 0.241. The maximum atomic E-state index is 13.1. The van der Waals surface area contributed by atoms with E-state index in [1.165, 1.54) is 23.1 Å². The van der Waals surface area contributed by atoms with Crippen molar-refractivity contribution in [2.75, 3.05) is 11.5 Å². The molecule has 5 rings (SSSR count). The van der Waals surface area contributed by atoms with E-state index in [0.717, 1.165) is 12.8 Å². The number of hydrogen-bond acceptors (Lipinski definition) is 6.